The number of anilines is 3. The Morgan fingerprint density at radius 1 is 0.444 bits per heavy atom. The van der Waals surface area contributed by atoms with E-state index in [0.29, 0.717) is 0 Å². The molecule has 12 rings (SSSR count). The van der Waals surface area contributed by atoms with Gasteiger partial charge in [-0.15, -0.1) is 0 Å². The molecule has 0 aromatic heterocycles. The monoisotopic (exact) mass is 807 g/mol. The molecule has 2 atom stereocenters. The van der Waals surface area contributed by atoms with Crippen LogP contribution in [0, 0.1) is 0 Å². The van der Waals surface area contributed by atoms with E-state index in [4.69, 9.17) is 4.74 Å². The van der Waals surface area contributed by atoms with E-state index in [-0.39, 0.29) is 11.5 Å². The van der Waals surface area contributed by atoms with E-state index in [0.717, 1.165) is 41.2 Å². The molecule has 0 bridgehead atoms. The summed E-state index contributed by atoms with van der Waals surface area (Å²) in [6.07, 6.45) is 4.48. The average Bonchev–Trinajstić information content (AvgIpc) is 3.66. The molecule has 2 nitrogen and oxygen atoms in total. The number of ether oxygens (including phenoxy) is 1. The van der Waals surface area contributed by atoms with E-state index in [2.05, 4.69) is 236 Å². The lowest BCUT2D eigenvalue weighted by Gasteiger charge is -2.36. The molecular formula is C61H45NO. The quantitative estimate of drug-likeness (QED) is 0.149. The van der Waals surface area contributed by atoms with E-state index in [1.54, 1.807) is 0 Å². The first-order valence-corrected chi connectivity index (χ1v) is 22.2. The number of hydrogen-bond donors (Lipinski definition) is 0. The van der Waals surface area contributed by atoms with Gasteiger partial charge < -0.3 is 9.64 Å². The molecule has 0 N–H and O–H groups in total. The lowest BCUT2D eigenvalue weighted by atomic mass is 9.69. The number of nitrogens with zero attached hydrogens (tertiary/aromatic N) is 1. The van der Waals surface area contributed by atoms with Gasteiger partial charge in [0.25, 0.3) is 0 Å². The molecule has 63 heavy (non-hydrogen) atoms. The second kappa shape index (κ2) is 15.0. The molecule has 0 saturated heterocycles. The Kier molecular flexibility index (Phi) is 8.86. The molecule has 0 amide bonds. The highest BCUT2D eigenvalue weighted by Crippen LogP contribution is 2.53. The zero-order valence-corrected chi connectivity index (χ0v) is 35.2. The van der Waals surface area contributed by atoms with Crippen molar-refractivity contribution in [3.05, 3.63) is 236 Å². The van der Waals surface area contributed by atoms with Gasteiger partial charge in [-0.2, -0.15) is 0 Å². The van der Waals surface area contributed by atoms with E-state index < -0.39 is 0 Å². The van der Waals surface area contributed by atoms with Crippen LogP contribution < -0.4 is 9.64 Å². The van der Waals surface area contributed by atoms with Crippen molar-refractivity contribution < 1.29 is 4.74 Å². The van der Waals surface area contributed by atoms with Gasteiger partial charge in [-0.1, -0.05) is 189 Å². The van der Waals surface area contributed by atoms with Crippen molar-refractivity contribution in [3.8, 4) is 39.1 Å². The van der Waals surface area contributed by atoms with Gasteiger partial charge in [0.05, 0.1) is 5.69 Å². The van der Waals surface area contributed by atoms with Crippen molar-refractivity contribution in [2.75, 3.05) is 4.90 Å². The Bertz CT molecular complexity index is 3380. The van der Waals surface area contributed by atoms with Crippen LogP contribution in [0.25, 0.3) is 71.3 Å². The standard InChI is InChI=1S/C61H45NO/c1-61-38-14-25-53(60(61)63-59-27-12-11-26-57(59)61)43-28-33-47(34-29-43)62(48-35-30-44(31-36-48)56-39-45-18-6-8-21-51(45)54-22-9-10-23-55(54)56)58-40-46(32-37-52(58)42-15-3-2-4-16-42)50-24-13-19-41-17-5-7-20-49(41)50/h2-13,15-37,39-40,60H,14,38H2,1H3. The summed E-state index contributed by atoms with van der Waals surface area (Å²) in [5.41, 5.74) is 14.2. The second-order valence-corrected chi connectivity index (χ2v) is 17.4. The van der Waals surface area contributed by atoms with Crippen LogP contribution in [0.4, 0.5) is 17.1 Å². The van der Waals surface area contributed by atoms with Crippen molar-refractivity contribution in [2.24, 2.45) is 0 Å². The van der Waals surface area contributed by atoms with Crippen LogP contribution >= 0.6 is 0 Å². The highest BCUT2D eigenvalue weighted by atomic mass is 16.5. The summed E-state index contributed by atoms with van der Waals surface area (Å²) >= 11 is 0. The maximum atomic E-state index is 6.77. The third kappa shape index (κ3) is 6.24. The van der Waals surface area contributed by atoms with Crippen LogP contribution in [0.15, 0.2) is 224 Å². The number of para-hydroxylation sites is 1. The number of hydrogen-bond acceptors (Lipinski definition) is 2. The van der Waals surface area contributed by atoms with Crippen LogP contribution in [0.2, 0.25) is 0 Å². The van der Waals surface area contributed by atoms with Crippen LogP contribution in [0.5, 0.6) is 5.75 Å². The summed E-state index contributed by atoms with van der Waals surface area (Å²) in [5.74, 6) is 1.01. The van der Waals surface area contributed by atoms with Crippen molar-refractivity contribution in [1.82, 2.24) is 0 Å². The first-order valence-electron chi connectivity index (χ1n) is 22.2. The van der Waals surface area contributed by atoms with Crippen LogP contribution in [0.1, 0.15) is 30.9 Å². The third-order valence-corrected chi connectivity index (χ3v) is 13.7. The van der Waals surface area contributed by atoms with E-state index in [9.17, 15) is 0 Å². The normalized spacial score (nSPS) is 16.7. The van der Waals surface area contributed by atoms with E-state index in [1.165, 1.54) is 76.8 Å². The zero-order chi connectivity index (χ0) is 41.9. The molecule has 2 aliphatic rings. The second-order valence-electron chi connectivity index (χ2n) is 17.4. The fourth-order valence-corrected chi connectivity index (χ4v) is 10.6. The lowest BCUT2D eigenvalue weighted by molar-refractivity contribution is 0.198. The van der Waals surface area contributed by atoms with Crippen LogP contribution in [0.3, 0.4) is 0 Å². The molecule has 1 heterocycles. The maximum absolute atomic E-state index is 6.77. The molecule has 0 radical (unpaired) electrons. The first kappa shape index (κ1) is 37.1. The molecule has 10 aromatic carbocycles. The number of allylic oxidation sites excluding steroid dienone is 1. The Balaban J connectivity index is 1.02. The smallest absolute Gasteiger partial charge is 0.133 e. The Hall–Kier alpha value is -7.68. The molecule has 0 fully saturated rings. The van der Waals surface area contributed by atoms with E-state index in [1.807, 2.05) is 0 Å². The van der Waals surface area contributed by atoms with Crippen LogP contribution in [-0.4, -0.2) is 6.10 Å². The van der Waals surface area contributed by atoms with Gasteiger partial charge >= 0.3 is 0 Å². The molecule has 2 heteroatoms. The number of fused-ring (bicyclic) bond motifs is 7. The van der Waals surface area contributed by atoms with Crippen LogP contribution in [-0.2, 0) is 5.41 Å². The van der Waals surface area contributed by atoms with Crippen molar-refractivity contribution in [3.63, 3.8) is 0 Å². The number of benzene rings is 10. The predicted molar refractivity (Wildman–Crippen MR) is 265 cm³/mol. The fraction of sp³-hybridized carbons (Fsp3) is 0.0820. The Morgan fingerprint density at radius 2 is 1.05 bits per heavy atom. The van der Waals surface area contributed by atoms with Gasteiger partial charge in [-0.25, -0.2) is 0 Å². The Labute approximate surface area is 369 Å². The topological polar surface area (TPSA) is 12.5 Å². The van der Waals surface area contributed by atoms with Gasteiger partial charge in [0, 0.05) is 27.9 Å². The summed E-state index contributed by atoms with van der Waals surface area (Å²) in [4.78, 5) is 2.45. The predicted octanol–water partition coefficient (Wildman–Crippen LogP) is 16.5. The zero-order valence-electron chi connectivity index (χ0n) is 35.2. The van der Waals surface area contributed by atoms with Gasteiger partial charge in [-0.3, -0.25) is 0 Å². The SMILES string of the molecule is CC12CCC=C(c3ccc(N(c4ccc(-c5cc6ccccc6c6ccccc56)cc4)c4cc(-c5cccc6ccccc56)ccc4-c4ccccc4)cc3)C1Oc1ccccc12. The molecule has 10 aromatic rings. The minimum Gasteiger partial charge on any atom is -0.484 e. The maximum Gasteiger partial charge on any atom is 0.133 e. The summed E-state index contributed by atoms with van der Waals surface area (Å²) in [5, 5.41) is 7.53. The minimum atomic E-state index is -0.0594. The summed E-state index contributed by atoms with van der Waals surface area (Å²) < 4.78 is 6.77. The molecule has 300 valence electrons. The van der Waals surface area contributed by atoms with E-state index >= 15 is 0 Å². The molecule has 0 saturated carbocycles. The molecule has 2 unspecified atom stereocenters. The summed E-state index contributed by atoms with van der Waals surface area (Å²) in [7, 11) is 0. The molecule has 1 aliphatic heterocycles. The fourth-order valence-electron chi connectivity index (χ4n) is 10.6. The first-order chi connectivity index (χ1) is 31.1. The van der Waals surface area contributed by atoms with Crippen molar-refractivity contribution in [2.45, 2.75) is 31.3 Å². The molecule has 1 aliphatic carbocycles. The molecule has 0 spiro atoms. The highest BCUT2D eigenvalue weighted by Gasteiger charge is 2.48. The largest absolute Gasteiger partial charge is 0.484 e. The van der Waals surface area contributed by atoms with Crippen molar-refractivity contribution >= 4 is 55.0 Å². The van der Waals surface area contributed by atoms with Gasteiger partial charge in [0.2, 0.25) is 0 Å². The summed E-state index contributed by atoms with van der Waals surface area (Å²) in [6.45, 7) is 2.38. The van der Waals surface area contributed by atoms with Gasteiger partial charge in [0.15, 0.2) is 0 Å². The van der Waals surface area contributed by atoms with Crippen molar-refractivity contribution in [1.29, 1.82) is 0 Å². The third-order valence-electron chi connectivity index (χ3n) is 13.7. The average molecular weight is 808 g/mol. The Morgan fingerprint density at radius 3 is 1.84 bits per heavy atom. The lowest BCUT2D eigenvalue weighted by Crippen LogP contribution is -2.38. The molecular weight excluding hydrogens is 763 g/mol. The minimum absolute atomic E-state index is 0.0219. The number of rotatable bonds is 7. The van der Waals surface area contributed by atoms with Gasteiger partial charge in [0.1, 0.15) is 11.9 Å². The highest BCUT2D eigenvalue weighted by molar-refractivity contribution is 6.14. The van der Waals surface area contributed by atoms with Gasteiger partial charge in [-0.05, 0) is 127 Å². The summed E-state index contributed by atoms with van der Waals surface area (Å²) in [6, 6.07) is 80.0.